The minimum absolute atomic E-state index is 0.483. The first-order valence-electron chi connectivity index (χ1n) is 10.8. The number of methoxy groups -OCH3 is 1. The highest BCUT2D eigenvalue weighted by atomic mass is 16.5. The van der Waals surface area contributed by atoms with Gasteiger partial charge >= 0.3 is 0 Å². The topological polar surface area (TPSA) is 48.2 Å². The molecule has 0 aliphatic carbocycles. The molecule has 5 aromatic carbocycles. The third-order valence-electron chi connectivity index (χ3n) is 5.95. The predicted molar refractivity (Wildman–Crippen MR) is 132 cm³/mol. The normalized spacial score (nSPS) is 11.2. The first-order chi connectivity index (χ1) is 16.3. The van der Waals surface area contributed by atoms with Gasteiger partial charge in [-0.25, -0.2) is 0 Å². The molecule has 0 saturated heterocycles. The predicted octanol–water partition coefficient (Wildman–Crippen LogP) is 7.39. The van der Waals surface area contributed by atoms with Gasteiger partial charge in [-0.15, -0.1) is 10.2 Å². The van der Waals surface area contributed by atoms with Crippen LogP contribution in [-0.2, 0) is 0 Å². The number of hydrogen-bond acceptors (Lipinski definition) is 4. The van der Waals surface area contributed by atoms with E-state index in [1.807, 2.05) is 36.4 Å². The van der Waals surface area contributed by atoms with E-state index >= 15 is 0 Å². The summed E-state index contributed by atoms with van der Waals surface area (Å²) in [5.41, 5.74) is 4.13. The van der Waals surface area contributed by atoms with Crippen LogP contribution >= 0.6 is 0 Å². The van der Waals surface area contributed by atoms with Crippen LogP contribution in [0.3, 0.4) is 0 Å². The molecule has 6 aromatic rings. The third kappa shape index (κ3) is 3.42. The smallest absolute Gasteiger partial charge is 0.248 e. The number of hydrogen-bond donors (Lipinski definition) is 0. The first kappa shape index (κ1) is 19.3. The zero-order valence-electron chi connectivity index (χ0n) is 18.0. The summed E-state index contributed by atoms with van der Waals surface area (Å²) in [5, 5.41) is 13.4. The Bertz CT molecular complexity index is 1530. The van der Waals surface area contributed by atoms with Crippen molar-refractivity contribution in [3.05, 3.63) is 103 Å². The minimum atomic E-state index is 0.483. The summed E-state index contributed by atoms with van der Waals surface area (Å²) in [7, 11) is 1.64. The second kappa shape index (κ2) is 7.92. The maximum atomic E-state index is 5.95. The number of aromatic nitrogens is 2. The number of rotatable bonds is 4. The van der Waals surface area contributed by atoms with Gasteiger partial charge in [0.15, 0.2) is 0 Å². The van der Waals surface area contributed by atoms with Crippen LogP contribution in [0.5, 0.6) is 5.75 Å². The van der Waals surface area contributed by atoms with Gasteiger partial charge in [-0.2, -0.15) is 0 Å². The molecule has 0 spiro atoms. The molecular formula is C29H20N2O2. The van der Waals surface area contributed by atoms with Gasteiger partial charge in [0.05, 0.1) is 7.11 Å². The van der Waals surface area contributed by atoms with Crippen LogP contribution in [0.25, 0.3) is 55.6 Å². The number of benzene rings is 5. The maximum absolute atomic E-state index is 5.95. The monoisotopic (exact) mass is 428 g/mol. The Morgan fingerprint density at radius 2 is 1.06 bits per heavy atom. The number of nitrogens with zero attached hydrogens (tertiary/aromatic N) is 2. The van der Waals surface area contributed by atoms with Crippen LogP contribution in [0.15, 0.2) is 108 Å². The van der Waals surface area contributed by atoms with Crippen molar-refractivity contribution in [2.45, 2.75) is 0 Å². The van der Waals surface area contributed by atoms with Crippen molar-refractivity contribution in [1.29, 1.82) is 0 Å². The van der Waals surface area contributed by atoms with Gasteiger partial charge in [-0.05, 0) is 75.1 Å². The van der Waals surface area contributed by atoms with E-state index in [4.69, 9.17) is 9.15 Å². The van der Waals surface area contributed by atoms with Crippen molar-refractivity contribution in [3.63, 3.8) is 0 Å². The zero-order valence-corrected chi connectivity index (χ0v) is 18.0. The molecule has 33 heavy (non-hydrogen) atoms. The Hall–Kier alpha value is -4.44. The van der Waals surface area contributed by atoms with Crippen LogP contribution in [0.2, 0.25) is 0 Å². The molecule has 0 radical (unpaired) electrons. The second-order valence-corrected chi connectivity index (χ2v) is 7.91. The van der Waals surface area contributed by atoms with E-state index in [2.05, 4.69) is 76.9 Å². The van der Waals surface area contributed by atoms with Gasteiger partial charge in [0.2, 0.25) is 11.8 Å². The number of fused-ring (bicyclic) bond motifs is 2. The van der Waals surface area contributed by atoms with Crippen LogP contribution in [0.1, 0.15) is 0 Å². The molecule has 0 saturated carbocycles. The zero-order chi connectivity index (χ0) is 22.2. The van der Waals surface area contributed by atoms with Crippen molar-refractivity contribution >= 4 is 21.5 Å². The van der Waals surface area contributed by atoms with Gasteiger partial charge < -0.3 is 9.15 Å². The lowest BCUT2D eigenvalue weighted by Crippen LogP contribution is -1.86. The molecule has 6 rings (SSSR count). The molecule has 0 bridgehead atoms. The van der Waals surface area contributed by atoms with E-state index in [1.165, 1.54) is 27.1 Å². The van der Waals surface area contributed by atoms with Gasteiger partial charge in [0, 0.05) is 11.1 Å². The van der Waals surface area contributed by atoms with E-state index in [0.29, 0.717) is 11.8 Å². The molecule has 0 unspecified atom stereocenters. The highest BCUT2D eigenvalue weighted by molar-refractivity contribution is 6.12. The maximum Gasteiger partial charge on any atom is 0.248 e. The molecule has 0 fully saturated rings. The molecule has 0 N–H and O–H groups in total. The average Bonchev–Trinajstić information content (AvgIpc) is 3.38. The highest BCUT2D eigenvalue weighted by Crippen LogP contribution is 2.37. The van der Waals surface area contributed by atoms with Crippen molar-refractivity contribution in [2.24, 2.45) is 0 Å². The lowest BCUT2D eigenvalue weighted by atomic mass is 9.92. The molecule has 0 amide bonds. The molecule has 0 aliphatic rings. The summed E-state index contributed by atoms with van der Waals surface area (Å²) in [4.78, 5) is 0. The largest absolute Gasteiger partial charge is 0.497 e. The van der Waals surface area contributed by atoms with Crippen LogP contribution < -0.4 is 4.74 Å². The molecule has 0 aliphatic heterocycles. The Kier molecular flexibility index (Phi) is 4.62. The number of ether oxygens (including phenoxy) is 1. The lowest BCUT2D eigenvalue weighted by Gasteiger charge is -2.12. The van der Waals surface area contributed by atoms with Crippen molar-refractivity contribution < 1.29 is 9.15 Å². The van der Waals surface area contributed by atoms with Crippen molar-refractivity contribution in [3.8, 4) is 39.8 Å². The molecule has 158 valence electrons. The summed E-state index contributed by atoms with van der Waals surface area (Å²) in [6.07, 6.45) is 0. The molecular weight excluding hydrogens is 408 g/mol. The molecule has 1 heterocycles. The fraction of sp³-hybridized carbons (Fsp3) is 0.0345. The van der Waals surface area contributed by atoms with Crippen molar-refractivity contribution in [2.75, 3.05) is 7.11 Å². The van der Waals surface area contributed by atoms with Crippen LogP contribution in [0.4, 0.5) is 0 Å². The lowest BCUT2D eigenvalue weighted by molar-refractivity contribution is 0.415. The fourth-order valence-corrected chi connectivity index (χ4v) is 4.29. The van der Waals surface area contributed by atoms with Gasteiger partial charge in [-0.1, -0.05) is 60.7 Å². The standard InChI is InChI=1S/C29H20N2O2/c1-32-24-16-14-21(15-17-24)29-31-30-28(33-29)20-12-10-19(11-13-20)27-25-8-4-2-6-22(25)18-23-7-3-5-9-26(23)27/h2-18H,1H3. The summed E-state index contributed by atoms with van der Waals surface area (Å²) in [6.45, 7) is 0. The summed E-state index contributed by atoms with van der Waals surface area (Å²) >= 11 is 0. The Labute approximate surface area is 191 Å². The molecule has 1 aromatic heterocycles. The van der Waals surface area contributed by atoms with Crippen LogP contribution in [-0.4, -0.2) is 17.3 Å². The van der Waals surface area contributed by atoms with E-state index in [1.54, 1.807) is 7.11 Å². The summed E-state index contributed by atoms with van der Waals surface area (Å²) < 4.78 is 11.2. The van der Waals surface area contributed by atoms with Crippen molar-refractivity contribution in [1.82, 2.24) is 10.2 Å². The minimum Gasteiger partial charge on any atom is -0.497 e. The first-order valence-corrected chi connectivity index (χ1v) is 10.8. The quantitative estimate of drug-likeness (QED) is 0.275. The Morgan fingerprint density at radius 1 is 0.576 bits per heavy atom. The summed E-state index contributed by atoms with van der Waals surface area (Å²) in [5.74, 6) is 1.77. The Morgan fingerprint density at radius 3 is 1.61 bits per heavy atom. The average molecular weight is 428 g/mol. The molecule has 4 heteroatoms. The molecule has 4 nitrogen and oxygen atoms in total. The van der Waals surface area contributed by atoms with E-state index in [-0.39, 0.29) is 0 Å². The molecule has 0 atom stereocenters. The SMILES string of the molecule is COc1ccc(-c2nnc(-c3ccc(-c4c5ccccc5cc5ccccc45)cc3)o2)cc1. The highest BCUT2D eigenvalue weighted by Gasteiger charge is 2.13. The Balaban J connectivity index is 1.40. The van der Waals surface area contributed by atoms with Gasteiger partial charge in [0.25, 0.3) is 0 Å². The fourth-order valence-electron chi connectivity index (χ4n) is 4.29. The third-order valence-corrected chi connectivity index (χ3v) is 5.95. The van der Waals surface area contributed by atoms with Gasteiger partial charge in [0.1, 0.15) is 5.75 Å². The van der Waals surface area contributed by atoms with E-state index in [9.17, 15) is 0 Å². The van der Waals surface area contributed by atoms with E-state index in [0.717, 1.165) is 22.4 Å². The summed E-state index contributed by atoms with van der Waals surface area (Å²) in [6, 6.07) is 35.2. The van der Waals surface area contributed by atoms with Gasteiger partial charge in [-0.3, -0.25) is 0 Å². The van der Waals surface area contributed by atoms with Crippen LogP contribution in [0, 0.1) is 0 Å². The second-order valence-electron chi connectivity index (χ2n) is 7.91. The van der Waals surface area contributed by atoms with E-state index < -0.39 is 0 Å².